The Morgan fingerprint density at radius 1 is 1.04 bits per heavy atom. The molecule has 3 rings (SSSR count). The summed E-state index contributed by atoms with van der Waals surface area (Å²) in [7, 11) is 0. The van der Waals surface area contributed by atoms with Crippen molar-refractivity contribution < 1.29 is 4.79 Å². The van der Waals surface area contributed by atoms with E-state index in [4.69, 9.17) is 0 Å². The number of nitrogens with one attached hydrogen (secondary N) is 2. The van der Waals surface area contributed by atoms with Gasteiger partial charge in [-0.3, -0.25) is 4.79 Å². The molecule has 1 amide bonds. The fourth-order valence-electron chi connectivity index (χ4n) is 2.47. The second-order valence-corrected chi connectivity index (χ2v) is 5.82. The van der Waals surface area contributed by atoms with E-state index in [0.29, 0.717) is 22.6 Å². The SMILES string of the molecule is Cc1cccc(NC(=O)c2cc(C)nc(Nc3ccccc3C#N)n2)c1. The number of nitriles is 1. The molecule has 2 aromatic carbocycles. The van der Waals surface area contributed by atoms with Gasteiger partial charge in [0.05, 0.1) is 11.3 Å². The maximum absolute atomic E-state index is 12.5. The van der Waals surface area contributed by atoms with Gasteiger partial charge in [0.2, 0.25) is 5.95 Å². The Bertz CT molecular complexity index is 1010. The third kappa shape index (κ3) is 4.02. The van der Waals surface area contributed by atoms with Crippen LogP contribution in [0.25, 0.3) is 0 Å². The molecule has 3 aromatic rings. The number of carbonyl (C=O) groups is 1. The number of aryl methyl sites for hydroxylation is 2. The summed E-state index contributed by atoms with van der Waals surface area (Å²) in [5.41, 5.74) is 3.71. The summed E-state index contributed by atoms with van der Waals surface area (Å²) in [6.45, 7) is 3.74. The van der Waals surface area contributed by atoms with Crippen molar-refractivity contribution in [1.29, 1.82) is 5.26 Å². The summed E-state index contributed by atoms with van der Waals surface area (Å²) >= 11 is 0. The maximum atomic E-state index is 12.5. The Balaban J connectivity index is 1.85. The first-order valence-electron chi connectivity index (χ1n) is 8.05. The summed E-state index contributed by atoms with van der Waals surface area (Å²) in [6.07, 6.45) is 0. The molecule has 0 aliphatic heterocycles. The van der Waals surface area contributed by atoms with E-state index in [1.807, 2.05) is 37.3 Å². The number of carbonyl (C=O) groups excluding carboxylic acids is 1. The molecule has 1 heterocycles. The Hall–Kier alpha value is -3.72. The second kappa shape index (κ2) is 7.45. The van der Waals surface area contributed by atoms with E-state index >= 15 is 0 Å². The van der Waals surface area contributed by atoms with Crippen LogP contribution in [0.1, 0.15) is 27.3 Å². The lowest BCUT2D eigenvalue weighted by Gasteiger charge is -2.10. The maximum Gasteiger partial charge on any atom is 0.274 e. The minimum Gasteiger partial charge on any atom is -0.323 e. The summed E-state index contributed by atoms with van der Waals surface area (Å²) in [4.78, 5) is 21.1. The van der Waals surface area contributed by atoms with E-state index in [0.717, 1.165) is 5.56 Å². The van der Waals surface area contributed by atoms with E-state index < -0.39 is 0 Å². The van der Waals surface area contributed by atoms with Gasteiger partial charge >= 0.3 is 0 Å². The van der Waals surface area contributed by atoms with Crippen molar-refractivity contribution >= 4 is 23.2 Å². The number of hydrogen-bond donors (Lipinski definition) is 2. The molecule has 0 atom stereocenters. The van der Waals surface area contributed by atoms with E-state index in [2.05, 4.69) is 26.7 Å². The number of anilines is 3. The van der Waals surface area contributed by atoms with E-state index in [9.17, 15) is 10.1 Å². The topological polar surface area (TPSA) is 90.7 Å². The highest BCUT2D eigenvalue weighted by Crippen LogP contribution is 2.19. The second-order valence-electron chi connectivity index (χ2n) is 5.82. The fourth-order valence-corrected chi connectivity index (χ4v) is 2.47. The van der Waals surface area contributed by atoms with Crippen LogP contribution in [0, 0.1) is 25.2 Å². The van der Waals surface area contributed by atoms with Crippen molar-refractivity contribution in [3.8, 4) is 6.07 Å². The van der Waals surface area contributed by atoms with Crippen LogP contribution in [0.15, 0.2) is 54.6 Å². The molecule has 26 heavy (non-hydrogen) atoms. The molecular weight excluding hydrogens is 326 g/mol. The normalized spacial score (nSPS) is 10.0. The van der Waals surface area contributed by atoms with Gasteiger partial charge in [0.25, 0.3) is 5.91 Å². The third-order valence-electron chi connectivity index (χ3n) is 3.66. The number of hydrogen-bond acceptors (Lipinski definition) is 5. The number of aromatic nitrogens is 2. The summed E-state index contributed by atoms with van der Waals surface area (Å²) in [6, 6.07) is 18.3. The Morgan fingerprint density at radius 3 is 2.62 bits per heavy atom. The summed E-state index contributed by atoms with van der Waals surface area (Å²) < 4.78 is 0. The average molecular weight is 343 g/mol. The van der Waals surface area contributed by atoms with Crippen molar-refractivity contribution in [3.05, 3.63) is 77.1 Å². The molecular formula is C20H17N5O. The molecule has 128 valence electrons. The first-order chi connectivity index (χ1) is 12.5. The monoisotopic (exact) mass is 343 g/mol. The summed E-state index contributed by atoms with van der Waals surface area (Å²) in [5.74, 6) is -0.0557. The zero-order chi connectivity index (χ0) is 18.5. The Kier molecular flexibility index (Phi) is 4.90. The number of nitrogens with zero attached hydrogens (tertiary/aromatic N) is 3. The van der Waals surface area contributed by atoms with Gasteiger partial charge in [-0.15, -0.1) is 0 Å². The number of benzene rings is 2. The first kappa shape index (κ1) is 17.1. The molecule has 0 spiro atoms. The van der Waals surface area contributed by atoms with Gasteiger partial charge in [-0.1, -0.05) is 24.3 Å². The number of rotatable bonds is 4. The summed E-state index contributed by atoms with van der Waals surface area (Å²) in [5, 5.41) is 15.0. The molecule has 1 aromatic heterocycles. The predicted octanol–water partition coefficient (Wildman–Crippen LogP) is 3.96. The van der Waals surface area contributed by atoms with Crippen LogP contribution in [-0.4, -0.2) is 15.9 Å². The van der Waals surface area contributed by atoms with Crippen LogP contribution in [0.4, 0.5) is 17.3 Å². The lowest BCUT2D eigenvalue weighted by atomic mass is 10.2. The highest BCUT2D eigenvalue weighted by molar-refractivity contribution is 6.03. The van der Waals surface area contributed by atoms with Crippen LogP contribution in [0.3, 0.4) is 0 Å². The molecule has 0 unspecified atom stereocenters. The van der Waals surface area contributed by atoms with Gasteiger partial charge in [0.1, 0.15) is 11.8 Å². The van der Waals surface area contributed by atoms with E-state index in [-0.39, 0.29) is 17.5 Å². The van der Waals surface area contributed by atoms with Crippen LogP contribution < -0.4 is 10.6 Å². The smallest absolute Gasteiger partial charge is 0.274 e. The molecule has 0 bridgehead atoms. The van der Waals surface area contributed by atoms with E-state index in [1.165, 1.54) is 0 Å². The Labute approximate surface area is 151 Å². The van der Waals surface area contributed by atoms with Crippen LogP contribution in [-0.2, 0) is 0 Å². The van der Waals surface area contributed by atoms with Gasteiger partial charge in [0.15, 0.2) is 0 Å². The van der Waals surface area contributed by atoms with Crippen molar-refractivity contribution in [2.24, 2.45) is 0 Å². The zero-order valence-electron chi connectivity index (χ0n) is 14.4. The van der Waals surface area contributed by atoms with Crippen LogP contribution in [0.2, 0.25) is 0 Å². The lowest BCUT2D eigenvalue weighted by Crippen LogP contribution is -2.15. The standard InChI is InChI=1S/C20H17N5O/c1-13-6-5-8-16(10-13)23-19(26)18-11-14(2)22-20(25-18)24-17-9-4-3-7-15(17)12-21/h3-11H,1-2H3,(H,23,26)(H,22,24,25). The highest BCUT2D eigenvalue weighted by Gasteiger charge is 2.12. The van der Waals surface area contributed by atoms with Crippen molar-refractivity contribution in [3.63, 3.8) is 0 Å². The quantitative estimate of drug-likeness (QED) is 0.748. The number of amides is 1. The molecule has 0 fully saturated rings. The third-order valence-corrected chi connectivity index (χ3v) is 3.66. The molecule has 0 saturated heterocycles. The lowest BCUT2D eigenvalue weighted by molar-refractivity contribution is 0.102. The van der Waals surface area contributed by atoms with Gasteiger partial charge < -0.3 is 10.6 Å². The van der Waals surface area contributed by atoms with Gasteiger partial charge in [-0.2, -0.15) is 5.26 Å². The largest absolute Gasteiger partial charge is 0.323 e. The van der Waals surface area contributed by atoms with Crippen molar-refractivity contribution in [2.45, 2.75) is 13.8 Å². The molecule has 6 heteroatoms. The first-order valence-corrected chi connectivity index (χ1v) is 8.05. The highest BCUT2D eigenvalue weighted by atomic mass is 16.1. The van der Waals surface area contributed by atoms with Crippen LogP contribution in [0.5, 0.6) is 0 Å². The molecule has 0 aliphatic carbocycles. The molecule has 0 radical (unpaired) electrons. The molecule has 0 saturated carbocycles. The predicted molar refractivity (Wildman–Crippen MR) is 100 cm³/mol. The molecule has 2 N–H and O–H groups in total. The molecule has 6 nitrogen and oxygen atoms in total. The van der Waals surface area contributed by atoms with E-state index in [1.54, 1.807) is 31.2 Å². The average Bonchev–Trinajstić information content (AvgIpc) is 2.61. The minimum atomic E-state index is -0.322. The van der Waals surface area contributed by atoms with Gasteiger partial charge in [-0.25, -0.2) is 9.97 Å². The fraction of sp³-hybridized carbons (Fsp3) is 0.100. The number of para-hydroxylation sites is 1. The molecule has 0 aliphatic rings. The Morgan fingerprint density at radius 2 is 1.85 bits per heavy atom. The van der Waals surface area contributed by atoms with Crippen molar-refractivity contribution in [2.75, 3.05) is 10.6 Å². The van der Waals surface area contributed by atoms with Gasteiger partial charge in [-0.05, 0) is 49.7 Å². The van der Waals surface area contributed by atoms with Crippen LogP contribution >= 0.6 is 0 Å². The van der Waals surface area contributed by atoms with Crippen molar-refractivity contribution in [1.82, 2.24) is 9.97 Å². The zero-order valence-corrected chi connectivity index (χ0v) is 14.4. The minimum absolute atomic E-state index is 0.246. The van der Waals surface area contributed by atoms with Gasteiger partial charge in [0, 0.05) is 11.4 Å².